The van der Waals surface area contributed by atoms with E-state index in [4.69, 9.17) is 0 Å². The molecule has 2 rings (SSSR count). The minimum atomic E-state index is 0.786. The molecular weight excluding hydrogens is 228 g/mol. The average molecular weight is 264 g/mol. The zero-order valence-electron chi connectivity index (χ0n) is 13.4. The van der Waals surface area contributed by atoms with Crippen molar-refractivity contribution in [3.8, 4) is 0 Å². The van der Waals surface area contributed by atoms with E-state index in [0.717, 1.165) is 11.3 Å². The molecular formula is C19H36. The van der Waals surface area contributed by atoms with Crippen molar-refractivity contribution in [2.45, 2.75) is 110 Å². The Morgan fingerprint density at radius 1 is 0.789 bits per heavy atom. The Balaban J connectivity index is 1.82. The van der Waals surface area contributed by atoms with Crippen molar-refractivity contribution in [3.05, 3.63) is 0 Å². The second-order valence-electron chi connectivity index (χ2n) is 7.58. The van der Waals surface area contributed by atoms with Gasteiger partial charge in [-0.25, -0.2) is 0 Å². The molecule has 0 aromatic rings. The molecule has 0 spiro atoms. The summed E-state index contributed by atoms with van der Waals surface area (Å²) < 4.78 is 0. The van der Waals surface area contributed by atoms with Gasteiger partial charge in [-0.05, 0) is 37.0 Å². The van der Waals surface area contributed by atoms with Crippen molar-refractivity contribution in [3.63, 3.8) is 0 Å². The highest BCUT2D eigenvalue weighted by Crippen LogP contribution is 2.47. The van der Waals surface area contributed by atoms with Crippen LogP contribution in [0.1, 0.15) is 110 Å². The summed E-state index contributed by atoms with van der Waals surface area (Å²) in [7, 11) is 0. The van der Waals surface area contributed by atoms with Gasteiger partial charge in [0, 0.05) is 0 Å². The zero-order valence-corrected chi connectivity index (χ0v) is 13.4. The number of rotatable bonds is 7. The van der Waals surface area contributed by atoms with Gasteiger partial charge in [0.25, 0.3) is 0 Å². The molecule has 0 heteroatoms. The van der Waals surface area contributed by atoms with E-state index < -0.39 is 0 Å². The molecule has 0 atom stereocenters. The normalized spacial score (nSPS) is 24.5. The summed E-state index contributed by atoms with van der Waals surface area (Å²) in [5.41, 5.74) is 0.786. The van der Waals surface area contributed by atoms with E-state index in [9.17, 15) is 0 Å². The molecule has 0 aliphatic heterocycles. The van der Waals surface area contributed by atoms with Crippen molar-refractivity contribution < 1.29 is 0 Å². The molecule has 0 aromatic carbocycles. The molecule has 0 saturated heterocycles. The predicted molar refractivity (Wildman–Crippen MR) is 85.5 cm³/mol. The molecule has 0 radical (unpaired) electrons. The van der Waals surface area contributed by atoms with Crippen LogP contribution in [0.2, 0.25) is 0 Å². The molecule has 0 unspecified atom stereocenters. The Labute approximate surface area is 121 Å². The Morgan fingerprint density at radius 2 is 1.47 bits per heavy atom. The first kappa shape index (κ1) is 15.4. The van der Waals surface area contributed by atoms with Crippen LogP contribution in [0.25, 0.3) is 0 Å². The third-order valence-electron chi connectivity index (χ3n) is 5.92. The van der Waals surface area contributed by atoms with E-state index in [2.05, 4.69) is 6.92 Å². The lowest BCUT2D eigenvalue weighted by atomic mass is 9.64. The Hall–Kier alpha value is 0. The summed E-state index contributed by atoms with van der Waals surface area (Å²) >= 11 is 0. The van der Waals surface area contributed by atoms with Crippen molar-refractivity contribution in [2.75, 3.05) is 0 Å². The standard InChI is InChI=1S/C19H36/c1-2-3-4-9-14-19(15-10-6-11-16-19)17-18-12-7-5-8-13-18/h18H,2-17H2,1H3. The van der Waals surface area contributed by atoms with Crippen LogP contribution in [0, 0.1) is 11.3 Å². The average Bonchev–Trinajstić information content (AvgIpc) is 2.46. The Kier molecular flexibility index (Phi) is 6.74. The molecule has 112 valence electrons. The van der Waals surface area contributed by atoms with E-state index in [1.807, 2.05) is 0 Å². The summed E-state index contributed by atoms with van der Waals surface area (Å²) in [6.07, 6.45) is 24.4. The van der Waals surface area contributed by atoms with Crippen LogP contribution in [-0.4, -0.2) is 0 Å². The van der Waals surface area contributed by atoms with E-state index in [0.29, 0.717) is 0 Å². The van der Waals surface area contributed by atoms with Crippen LogP contribution in [0.4, 0.5) is 0 Å². The van der Waals surface area contributed by atoms with Crippen molar-refractivity contribution in [1.29, 1.82) is 0 Å². The SMILES string of the molecule is CCCCCCC1(CC2CCCCC2)CCCCC1. The Bertz CT molecular complexity index is 218. The molecule has 0 N–H and O–H groups in total. The number of unbranched alkanes of at least 4 members (excludes halogenated alkanes) is 3. The van der Waals surface area contributed by atoms with Crippen LogP contribution in [0.3, 0.4) is 0 Å². The summed E-state index contributed by atoms with van der Waals surface area (Å²) in [5.74, 6) is 1.10. The van der Waals surface area contributed by atoms with Crippen molar-refractivity contribution >= 4 is 0 Å². The molecule has 2 aliphatic rings. The molecule has 0 nitrogen and oxygen atoms in total. The van der Waals surface area contributed by atoms with Gasteiger partial charge in [0.1, 0.15) is 0 Å². The lowest BCUT2D eigenvalue weighted by Gasteiger charge is -2.41. The highest BCUT2D eigenvalue weighted by atomic mass is 14.4. The third-order valence-corrected chi connectivity index (χ3v) is 5.92. The number of hydrogen-bond acceptors (Lipinski definition) is 0. The summed E-state index contributed by atoms with van der Waals surface area (Å²) in [6, 6.07) is 0. The summed E-state index contributed by atoms with van der Waals surface area (Å²) in [5, 5.41) is 0. The minimum Gasteiger partial charge on any atom is -0.0654 e. The molecule has 0 heterocycles. The van der Waals surface area contributed by atoms with Crippen molar-refractivity contribution in [1.82, 2.24) is 0 Å². The zero-order chi connectivity index (χ0) is 13.4. The van der Waals surface area contributed by atoms with Crippen LogP contribution in [0.15, 0.2) is 0 Å². The highest BCUT2D eigenvalue weighted by molar-refractivity contribution is 4.86. The first-order chi connectivity index (χ1) is 9.35. The van der Waals surface area contributed by atoms with Gasteiger partial charge < -0.3 is 0 Å². The topological polar surface area (TPSA) is 0 Å². The van der Waals surface area contributed by atoms with Gasteiger partial charge in [-0.15, -0.1) is 0 Å². The molecule has 2 saturated carbocycles. The van der Waals surface area contributed by atoms with E-state index in [1.165, 1.54) is 64.2 Å². The Morgan fingerprint density at radius 3 is 2.16 bits per heavy atom. The smallest absolute Gasteiger partial charge is 0.0295 e. The minimum absolute atomic E-state index is 0.786. The lowest BCUT2D eigenvalue weighted by molar-refractivity contribution is 0.110. The van der Waals surface area contributed by atoms with Gasteiger partial charge in [-0.3, -0.25) is 0 Å². The summed E-state index contributed by atoms with van der Waals surface area (Å²) in [4.78, 5) is 0. The molecule has 2 fully saturated rings. The van der Waals surface area contributed by atoms with Crippen LogP contribution in [0.5, 0.6) is 0 Å². The molecule has 0 aromatic heterocycles. The van der Waals surface area contributed by atoms with E-state index in [-0.39, 0.29) is 0 Å². The van der Waals surface area contributed by atoms with E-state index >= 15 is 0 Å². The predicted octanol–water partition coefficient (Wildman–Crippen LogP) is 6.88. The first-order valence-corrected chi connectivity index (χ1v) is 9.35. The monoisotopic (exact) mass is 264 g/mol. The fraction of sp³-hybridized carbons (Fsp3) is 1.00. The van der Waals surface area contributed by atoms with Crippen LogP contribution < -0.4 is 0 Å². The fourth-order valence-electron chi connectivity index (χ4n) is 4.79. The molecule has 2 aliphatic carbocycles. The summed E-state index contributed by atoms with van der Waals surface area (Å²) in [6.45, 7) is 2.33. The largest absolute Gasteiger partial charge is 0.0654 e. The molecule has 0 amide bonds. The molecule has 19 heavy (non-hydrogen) atoms. The van der Waals surface area contributed by atoms with Gasteiger partial charge in [0.05, 0.1) is 0 Å². The van der Waals surface area contributed by atoms with Crippen LogP contribution in [-0.2, 0) is 0 Å². The molecule has 0 bridgehead atoms. The quantitative estimate of drug-likeness (QED) is 0.440. The maximum Gasteiger partial charge on any atom is -0.0295 e. The highest BCUT2D eigenvalue weighted by Gasteiger charge is 2.34. The van der Waals surface area contributed by atoms with Crippen LogP contribution >= 0.6 is 0 Å². The van der Waals surface area contributed by atoms with Gasteiger partial charge in [-0.2, -0.15) is 0 Å². The first-order valence-electron chi connectivity index (χ1n) is 9.35. The maximum absolute atomic E-state index is 2.33. The van der Waals surface area contributed by atoms with Crippen molar-refractivity contribution in [2.24, 2.45) is 11.3 Å². The van der Waals surface area contributed by atoms with Gasteiger partial charge in [0.2, 0.25) is 0 Å². The second kappa shape index (κ2) is 8.32. The van der Waals surface area contributed by atoms with Gasteiger partial charge in [0.15, 0.2) is 0 Å². The van der Waals surface area contributed by atoms with E-state index in [1.54, 1.807) is 38.5 Å². The van der Waals surface area contributed by atoms with Gasteiger partial charge in [-0.1, -0.05) is 84.0 Å². The maximum atomic E-state index is 2.33. The lowest BCUT2D eigenvalue weighted by Crippen LogP contribution is -2.28. The van der Waals surface area contributed by atoms with Gasteiger partial charge >= 0.3 is 0 Å². The number of hydrogen-bond donors (Lipinski definition) is 0. The fourth-order valence-corrected chi connectivity index (χ4v) is 4.79. The third kappa shape index (κ3) is 5.12. The second-order valence-corrected chi connectivity index (χ2v) is 7.58.